The molecule has 1 heterocycles. The third-order valence-electron chi connectivity index (χ3n) is 2.90. The quantitative estimate of drug-likeness (QED) is 0.846. The molecular weight excluding hydrogens is 204 g/mol. The molecule has 1 saturated carbocycles. The lowest BCUT2D eigenvalue weighted by Crippen LogP contribution is -2.22. The van der Waals surface area contributed by atoms with Gasteiger partial charge in [-0.15, -0.1) is 0 Å². The second-order valence-electron chi connectivity index (χ2n) is 4.11. The van der Waals surface area contributed by atoms with Crippen LogP contribution in [0.5, 0.6) is 5.75 Å². The number of hydrogen-bond donors (Lipinski definition) is 1. The molecule has 0 atom stereocenters. The van der Waals surface area contributed by atoms with Crippen molar-refractivity contribution in [3.8, 4) is 5.75 Å². The summed E-state index contributed by atoms with van der Waals surface area (Å²) in [6, 6.07) is 1.60. The predicted octanol–water partition coefficient (Wildman–Crippen LogP) is 1.89. The number of amides is 1. The number of ether oxygens (including phenoxy) is 1. The van der Waals surface area contributed by atoms with Gasteiger partial charge in [0.15, 0.2) is 5.75 Å². The topological polar surface area (TPSA) is 65.2 Å². The highest BCUT2D eigenvalue weighted by atomic mass is 16.5. The normalized spacial score (nSPS) is 17.0. The summed E-state index contributed by atoms with van der Waals surface area (Å²) in [5.41, 5.74) is 5.69. The highest BCUT2D eigenvalue weighted by molar-refractivity contribution is 5.95. The average Bonchev–Trinajstić information content (AvgIpc) is 2.31. The zero-order valence-corrected chi connectivity index (χ0v) is 9.19. The van der Waals surface area contributed by atoms with Crippen LogP contribution >= 0.6 is 0 Å². The Morgan fingerprint density at radius 3 is 2.81 bits per heavy atom. The van der Waals surface area contributed by atoms with Gasteiger partial charge in [0.2, 0.25) is 0 Å². The largest absolute Gasteiger partial charge is 0.488 e. The first-order valence-electron chi connectivity index (χ1n) is 5.68. The van der Waals surface area contributed by atoms with Crippen molar-refractivity contribution in [1.29, 1.82) is 0 Å². The highest BCUT2D eigenvalue weighted by Crippen LogP contribution is 2.24. The third-order valence-corrected chi connectivity index (χ3v) is 2.90. The standard InChI is InChI=1S/C12H16N2O2/c13-12(15)10-6-7-14-8-11(10)16-9-4-2-1-3-5-9/h6-9H,1-5H2,(H2,13,15). The van der Waals surface area contributed by atoms with Crippen LogP contribution in [0.1, 0.15) is 42.5 Å². The van der Waals surface area contributed by atoms with E-state index >= 15 is 0 Å². The SMILES string of the molecule is NC(=O)c1ccncc1OC1CCCCC1. The Labute approximate surface area is 94.8 Å². The summed E-state index contributed by atoms with van der Waals surface area (Å²) in [7, 11) is 0. The van der Waals surface area contributed by atoms with Crippen molar-refractivity contribution in [3.63, 3.8) is 0 Å². The van der Waals surface area contributed by atoms with E-state index in [4.69, 9.17) is 10.5 Å². The first-order valence-corrected chi connectivity index (χ1v) is 5.68. The Morgan fingerprint density at radius 2 is 2.12 bits per heavy atom. The molecular formula is C12H16N2O2. The lowest BCUT2D eigenvalue weighted by atomic mass is 9.98. The minimum Gasteiger partial charge on any atom is -0.488 e. The Morgan fingerprint density at radius 1 is 1.38 bits per heavy atom. The van der Waals surface area contributed by atoms with Gasteiger partial charge in [-0.1, -0.05) is 6.42 Å². The van der Waals surface area contributed by atoms with E-state index in [1.165, 1.54) is 19.3 Å². The van der Waals surface area contributed by atoms with E-state index < -0.39 is 5.91 Å². The molecule has 1 aromatic heterocycles. The summed E-state index contributed by atoms with van der Waals surface area (Å²) in [4.78, 5) is 15.1. The second kappa shape index (κ2) is 4.96. The van der Waals surface area contributed by atoms with E-state index in [1.54, 1.807) is 18.5 Å². The Hall–Kier alpha value is -1.58. The Bertz CT molecular complexity index is 373. The molecule has 0 aliphatic heterocycles. The van der Waals surface area contributed by atoms with Crippen LogP contribution in [0.15, 0.2) is 18.5 Å². The average molecular weight is 220 g/mol. The van der Waals surface area contributed by atoms with Crippen LogP contribution in [-0.2, 0) is 0 Å². The van der Waals surface area contributed by atoms with Gasteiger partial charge in [-0.25, -0.2) is 0 Å². The molecule has 0 bridgehead atoms. The molecule has 1 aliphatic rings. The van der Waals surface area contributed by atoms with Gasteiger partial charge in [0, 0.05) is 6.20 Å². The maximum absolute atomic E-state index is 11.2. The van der Waals surface area contributed by atoms with Crippen molar-refractivity contribution in [2.75, 3.05) is 0 Å². The lowest BCUT2D eigenvalue weighted by Gasteiger charge is -2.23. The molecule has 0 aromatic carbocycles. The number of rotatable bonds is 3. The molecule has 0 radical (unpaired) electrons. The first-order chi connectivity index (χ1) is 7.77. The van der Waals surface area contributed by atoms with Crippen molar-refractivity contribution in [3.05, 3.63) is 24.0 Å². The van der Waals surface area contributed by atoms with Crippen molar-refractivity contribution < 1.29 is 9.53 Å². The predicted molar refractivity (Wildman–Crippen MR) is 60.3 cm³/mol. The second-order valence-corrected chi connectivity index (χ2v) is 4.11. The summed E-state index contributed by atoms with van der Waals surface area (Å²) >= 11 is 0. The van der Waals surface area contributed by atoms with Gasteiger partial charge in [-0.3, -0.25) is 9.78 Å². The lowest BCUT2D eigenvalue weighted by molar-refractivity contribution is 0.0987. The van der Waals surface area contributed by atoms with Gasteiger partial charge in [0.25, 0.3) is 5.91 Å². The number of carbonyl (C=O) groups is 1. The number of pyridine rings is 1. The maximum Gasteiger partial charge on any atom is 0.252 e. The zero-order valence-electron chi connectivity index (χ0n) is 9.19. The first kappa shape index (κ1) is 10.9. The fourth-order valence-electron chi connectivity index (χ4n) is 2.04. The summed E-state index contributed by atoms with van der Waals surface area (Å²) in [6.07, 6.45) is 9.07. The fraction of sp³-hybridized carbons (Fsp3) is 0.500. The number of carbonyl (C=O) groups excluding carboxylic acids is 1. The molecule has 1 amide bonds. The summed E-state index contributed by atoms with van der Waals surface area (Å²) in [5.74, 6) is 0.0510. The van der Waals surface area contributed by atoms with Crippen LogP contribution in [0.2, 0.25) is 0 Å². The van der Waals surface area contributed by atoms with Crippen LogP contribution in [0, 0.1) is 0 Å². The number of nitrogens with zero attached hydrogens (tertiary/aromatic N) is 1. The van der Waals surface area contributed by atoms with Gasteiger partial charge >= 0.3 is 0 Å². The van der Waals surface area contributed by atoms with Crippen LogP contribution in [0.3, 0.4) is 0 Å². The van der Waals surface area contributed by atoms with Crippen LogP contribution in [0.4, 0.5) is 0 Å². The molecule has 0 spiro atoms. The molecule has 1 fully saturated rings. The minimum absolute atomic E-state index is 0.205. The van der Waals surface area contributed by atoms with Crippen LogP contribution < -0.4 is 10.5 Å². The van der Waals surface area contributed by atoms with E-state index in [-0.39, 0.29) is 6.10 Å². The van der Waals surface area contributed by atoms with E-state index in [0.717, 1.165) is 12.8 Å². The van der Waals surface area contributed by atoms with Crippen molar-refractivity contribution in [1.82, 2.24) is 4.98 Å². The molecule has 1 aliphatic carbocycles. The van der Waals surface area contributed by atoms with Crippen molar-refractivity contribution >= 4 is 5.91 Å². The number of hydrogen-bond acceptors (Lipinski definition) is 3. The zero-order chi connectivity index (χ0) is 11.4. The van der Waals surface area contributed by atoms with E-state index in [1.807, 2.05) is 0 Å². The van der Waals surface area contributed by atoms with Crippen LogP contribution in [0.25, 0.3) is 0 Å². The Kier molecular flexibility index (Phi) is 3.39. The molecule has 4 nitrogen and oxygen atoms in total. The summed E-state index contributed by atoms with van der Waals surface area (Å²) < 4.78 is 5.78. The van der Waals surface area contributed by atoms with Crippen molar-refractivity contribution in [2.45, 2.75) is 38.2 Å². The van der Waals surface area contributed by atoms with Gasteiger partial charge in [-0.2, -0.15) is 0 Å². The van der Waals surface area contributed by atoms with Crippen molar-refractivity contribution in [2.24, 2.45) is 5.73 Å². The molecule has 86 valence electrons. The highest BCUT2D eigenvalue weighted by Gasteiger charge is 2.17. The molecule has 1 aromatic rings. The van der Waals surface area contributed by atoms with Crippen LogP contribution in [-0.4, -0.2) is 17.0 Å². The molecule has 2 rings (SSSR count). The van der Waals surface area contributed by atoms with E-state index in [2.05, 4.69) is 4.98 Å². The Balaban J connectivity index is 2.10. The van der Waals surface area contributed by atoms with Gasteiger partial charge < -0.3 is 10.5 Å². The van der Waals surface area contributed by atoms with Gasteiger partial charge in [0.1, 0.15) is 0 Å². The molecule has 0 saturated heterocycles. The summed E-state index contributed by atoms with van der Waals surface area (Å²) in [6.45, 7) is 0. The molecule has 16 heavy (non-hydrogen) atoms. The monoisotopic (exact) mass is 220 g/mol. The number of primary amides is 1. The maximum atomic E-state index is 11.2. The molecule has 2 N–H and O–H groups in total. The minimum atomic E-state index is -0.465. The number of aromatic nitrogens is 1. The van der Waals surface area contributed by atoms with E-state index in [0.29, 0.717) is 11.3 Å². The fourth-order valence-corrected chi connectivity index (χ4v) is 2.04. The van der Waals surface area contributed by atoms with E-state index in [9.17, 15) is 4.79 Å². The van der Waals surface area contributed by atoms with Gasteiger partial charge in [0.05, 0.1) is 17.9 Å². The molecule has 0 unspecified atom stereocenters. The summed E-state index contributed by atoms with van der Waals surface area (Å²) in [5, 5.41) is 0. The smallest absolute Gasteiger partial charge is 0.252 e. The molecule has 4 heteroatoms. The number of nitrogens with two attached hydrogens (primary N) is 1. The third kappa shape index (κ3) is 2.51. The van der Waals surface area contributed by atoms with Gasteiger partial charge in [-0.05, 0) is 31.7 Å².